The predicted octanol–water partition coefficient (Wildman–Crippen LogP) is 5.73. The second-order valence-electron chi connectivity index (χ2n) is 10.6. The first-order valence-corrected chi connectivity index (χ1v) is 16.2. The van der Waals surface area contributed by atoms with E-state index in [4.69, 9.17) is 23.2 Å². The lowest BCUT2D eigenvalue weighted by atomic mass is 10.2. The molecule has 0 saturated carbocycles. The Bertz CT molecular complexity index is 1010. The molecule has 0 aliphatic carbocycles. The Balaban J connectivity index is 1.73. The molecule has 34 heavy (non-hydrogen) atoms. The number of imidazole rings is 1. The Kier molecular flexibility index (Phi) is 7.11. The zero-order chi connectivity index (χ0) is 24.8. The van der Waals surface area contributed by atoms with Gasteiger partial charge < -0.3 is 17.7 Å². The number of rotatable bonds is 6. The Morgan fingerprint density at radius 2 is 1.59 bits per heavy atom. The van der Waals surface area contributed by atoms with Crippen LogP contribution in [0.4, 0.5) is 5.82 Å². The predicted molar refractivity (Wildman–Crippen MR) is 132 cm³/mol. The van der Waals surface area contributed by atoms with Gasteiger partial charge in [0.1, 0.15) is 18.7 Å². The van der Waals surface area contributed by atoms with Crippen LogP contribution in [0.3, 0.4) is 0 Å². The Morgan fingerprint density at radius 3 is 2.18 bits per heavy atom. The van der Waals surface area contributed by atoms with Crippen molar-refractivity contribution in [1.29, 1.82) is 5.53 Å². The van der Waals surface area contributed by atoms with E-state index < -0.39 is 17.1 Å². The first-order chi connectivity index (χ1) is 16.1. The number of fused-ring (bicyclic) bond motifs is 2. The van der Waals surface area contributed by atoms with E-state index >= 15 is 0 Å². The molecule has 2 aliphatic rings. The largest absolute Gasteiger partial charge is 0.414 e. The van der Waals surface area contributed by atoms with E-state index in [0.29, 0.717) is 24.2 Å². The van der Waals surface area contributed by atoms with Gasteiger partial charge in [-0.1, -0.05) is 55.4 Å². The maximum atomic E-state index is 7.37. The number of ether oxygens (including phenoxy) is 1. The molecule has 3 atom stereocenters. The van der Waals surface area contributed by atoms with Gasteiger partial charge in [0.2, 0.25) is 5.82 Å². The highest BCUT2D eigenvalue weighted by Crippen LogP contribution is 2.48. The van der Waals surface area contributed by atoms with E-state index in [0.717, 1.165) is 0 Å². The van der Waals surface area contributed by atoms with Gasteiger partial charge in [0.15, 0.2) is 11.2 Å². The van der Waals surface area contributed by atoms with Crippen LogP contribution < -0.4 is 0 Å². The lowest BCUT2D eigenvalue weighted by Gasteiger charge is -2.51. The zero-order valence-corrected chi connectivity index (χ0v) is 23.5. The lowest BCUT2D eigenvalue weighted by Crippen LogP contribution is -2.65. The van der Waals surface area contributed by atoms with E-state index in [2.05, 4.69) is 75.5 Å². The standard InChI is InChI=1S/C22H38N6O4Si2/c1-13(2)33(14(3)4)29-10-18-17(31-34(32-33,15(5)6)16(7)8)9-19(30-18)28-12-26-20-21(27-23)24-11-25-22(20)28/h11-19,23H,9-10H2,1-8H3/t17?,18-,19-/m0/s1. The van der Waals surface area contributed by atoms with Crippen molar-refractivity contribution in [3.05, 3.63) is 12.7 Å². The zero-order valence-electron chi connectivity index (χ0n) is 21.5. The van der Waals surface area contributed by atoms with Gasteiger partial charge in [-0.15, -0.1) is 5.11 Å². The quantitative estimate of drug-likeness (QED) is 0.392. The van der Waals surface area contributed by atoms with Gasteiger partial charge in [-0.25, -0.2) is 20.5 Å². The average molecular weight is 507 g/mol. The van der Waals surface area contributed by atoms with Crippen LogP contribution >= 0.6 is 0 Å². The van der Waals surface area contributed by atoms with Crippen LogP contribution in [0.2, 0.25) is 22.2 Å². The van der Waals surface area contributed by atoms with Crippen molar-refractivity contribution in [3.8, 4) is 0 Å². The molecule has 12 heteroatoms. The molecule has 2 aromatic rings. The first-order valence-electron chi connectivity index (χ1n) is 12.3. The van der Waals surface area contributed by atoms with Gasteiger partial charge in [0, 0.05) is 6.42 Å². The van der Waals surface area contributed by atoms with E-state index in [1.807, 2.05) is 4.57 Å². The van der Waals surface area contributed by atoms with Crippen molar-refractivity contribution >= 4 is 34.1 Å². The summed E-state index contributed by atoms with van der Waals surface area (Å²) in [6, 6.07) is 0. The molecule has 2 fully saturated rings. The highest BCUT2D eigenvalue weighted by Gasteiger charge is 2.60. The molecular formula is C22H38N6O4Si2. The van der Waals surface area contributed by atoms with Crippen LogP contribution in [0.5, 0.6) is 0 Å². The number of aromatic nitrogens is 4. The van der Waals surface area contributed by atoms with Gasteiger partial charge >= 0.3 is 17.1 Å². The maximum absolute atomic E-state index is 7.37. The first kappa shape index (κ1) is 25.5. The third kappa shape index (κ3) is 4.07. The molecule has 10 nitrogen and oxygen atoms in total. The van der Waals surface area contributed by atoms with Crippen molar-refractivity contribution in [1.82, 2.24) is 19.5 Å². The number of nitrogens with zero attached hydrogens (tertiary/aromatic N) is 5. The molecule has 2 aromatic heterocycles. The summed E-state index contributed by atoms with van der Waals surface area (Å²) in [6.45, 7) is 18.2. The molecule has 188 valence electrons. The minimum absolute atomic E-state index is 0.146. The molecule has 0 aromatic carbocycles. The smallest absolute Gasteiger partial charge is 0.335 e. The second kappa shape index (κ2) is 9.47. The molecular weight excluding hydrogens is 468 g/mol. The fourth-order valence-electron chi connectivity index (χ4n) is 5.44. The molecule has 4 rings (SSSR count). The van der Waals surface area contributed by atoms with Gasteiger partial charge in [0.25, 0.3) is 0 Å². The van der Waals surface area contributed by atoms with Crippen molar-refractivity contribution in [2.45, 2.75) is 102 Å². The fourth-order valence-corrected chi connectivity index (χ4v) is 16.7. The molecule has 1 N–H and O–H groups in total. The molecule has 0 bridgehead atoms. The third-order valence-electron chi connectivity index (χ3n) is 7.28. The van der Waals surface area contributed by atoms with Crippen LogP contribution in [-0.2, 0) is 17.7 Å². The molecule has 0 radical (unpaired) electrons. The van der Waals surface area contributed by atoms with Crippen LogP contribution in [-0.4, -0.2) is 55.5 Å². The van der Waals surface area contributed by atoms with Gasteiger partial charge in [-0.2, -0.15) is 0 Å². The van der Waals surface area contributed by atoms with E-state index in [1.165, 1.54) is 6.33 Å². The normalized spacial score (nSPS) is 26.9. The maximum Gasteiger partial charge on any atom is 0.335 e. The molecule has 2 saturated heterocycles. The summed E-state index contributed by atoms with van der Waals surface area (Å²) in [7, 11) is -5.28. The summed E-state index contributed by atoms with van der Waals surface area (Å²) in [4.78, 5) is 12.8. The SMILES string of the molecule is CC(C)[Si]1(C(C)C)OC[C@@H]2O[C@H](n3cnc4c(N=N)ncnc43)CC2O[Si](C(C)C)(C(C)C)O1. The Morgan fingerprint density at radius 1 is 0.941 bits per heavy atom. The van der Waals surface area contributed by atoms with Crippen molar-refractivity contribution in [2.75, 3.05) is 6.61 Å². The number of hydrogen-bond acceptors (Lipinski definition) is 9. The van der Waals surface area contributed by atoms with Crippen molar-refractivity contribution in [3.63, 3.8) is 0 Å². The number of nitrogens with one attached hydrogen (secondary N) is 1. The van der Waals surface area contributed by atoms with Crippen molar-refractivity contribution < 1.29 is 17.7 Å². The van der Waals surface area contributed by atoms with Crippen LogP contribution in [0, 0.1) is 5.53 Å². The number of hydrogen-bond donors (Lipinski definition) is 1. The molecule has 2 aliphatic heterocycles. The minimum atomic E-state index is -2.68. The summed E-state index contributed by atoms with van der Waals surface area (Å²) in [5.74, 6) is 0.247. The molecule has 4 heterocycles. The lowest BCUT2D eigenvalue weighted by molar-refractivity contribution is -0.0544. The summed E-state index contributed by atoms with van der Waals surface area (Å²) in [5, 5.41) is 3.47. The van der Waals surface area contributed by atoms with Gasteiger partial charge in [-0.05, 0) is 22.2 Å². The Labute approximate surface area is 203 Å². The monoisotopic (exact) mass is 506 g/mol. The second-order valence-corrected chi connectivity index (χ2v) is 19.5. The van der Waals surface area contributed by atoms with Gasteiger partial charge in [-0.3, -0.25) is 4.57 Å². The molecule has 0 spiro atoms. The van der Waals surface area contributed by atoms with Crippen LogP contribution in [0.1, 0.15) is 68.0 Å². The van der Waals surface area contributed by atoms with Gasteiger partial charge in [0.05, 0.1) is 19.0 Å². The summed E-state index contributed by atoms with van der Waals surface area (Å²) < 4.78 is 29.6. The fraction of sp³-hybridized carbons (Fsp3) is 0.773. The summed E-state index contributed by atoms with van der Waals surface area (Å²) in [6.07, 6.45) is 3.07. The van der Waals surface area contributed by atoms with Crippen molar-refractivity contribution in [2.24, 2.45) is 5.11 Å². The molecule has 1 unspecified atom stereocenters. The van der Waals surface area contributed by atoms with E-state index in [-0.39, 0.29) is 46.4 Å². The third-order valence-corrected chi connectivity index (χ3v) is 17.6. The summed E-state index contributed by atoms with van der Waals surface area (Å²) >= 11 is 0. The van der Waals surface area contributed by atoms with Crippen LogP contribution in [0.15, 0.2) is 17.8 Å². The Hall–Kier alpha value is -1.58. The highest BCUT2D eigenvalue weighted by molar-refractivity contribution is 6.83. The topological polar surface area (TPSA) is 117 Å². The average Bonchev–Trinajstić information content (AvgIpc) is 3.36. The van der Waals surface area contributed by atoms with E-state index in [1.54, 1.807) is 6.33 Å². The van der Waals surface area contributed by atoms with Crippen LogP contribution in [0.25, 0.3) is 11.2 Å². The molecule has 0 amide bonds. The highest BCUT2D eigenvalue weighted by atomic mass is 28.5. The minimum Gasteiger partial charge on any atom is -0.414 e. The summed E-state index contributed by atoms with van der Waals surface area (Å²) in [5.41, 5.74) is 9.56. The van der Waals surface area contributed by atoms with E-state index in [9.17, 15) is 0 Å².